The van der Waals surface area contributed by atoms with Crippen molar-refractivity contribution in [3.63, 3.8) is 0 Å². The van der Waals surface area contributed by atoms with Crippen molar-refractivity contribution in [3.05, 3.63) is 41.0 Å². The third-order valence-electron chi connectivity index (χ3n) is 3.92. The summed E-state index contributed by atoms with van der Waals surface area (Å²) in [4.78, 5) is 12.5. The minimum atomic E-state index is -0.528. The lowest BCUT2D eigenvalue weighted by atomic mass is 9.83. The van der Waals surface area contributed by atoms with Gasteiger partial charge in [-0.25, -0.2) is 0 Å². The van der Waals surface area contributed by atoms with Gasteiger partial charge >= 0.3 is 0 Å². The zero-order chi connectivity index (χ0) is 15.1. The molecule has 0 spiro atoms. The third-order valence-corrected chi connectivity index (χ3v) is 3.92. The van der Waals surface area contributed by atoms with Crippen LogP contribution in [0.25, 0.3) is 5.57 Å². The number of allylic oxidation sites excluding steroid dienone is 2. The van der Waals surface area contributed by atoms with E-state index in [-0.39, 0.29) is 11.2 Å². The normalized spacial score (nSPS) is 19.2. The number of carbonyl (C=O) groups is 1. The smallest absolute Gasteiger partial charge is 0.178 e. The lowest BCUT2D eigenvalue weighted by molar-refractivity contribution is -0.122. The molecule has 0 amide bonds. The summed E-state index contributed by atoms with van der Waals surface area (Å²) in [6.07, 6.45) is 0.747. The molecule has 1 aliphatic carbocycles. The molecule has 2 nitrogen and oxygen atoms in total. The predicted molar refractivity (Wildman–Crippen MR) is 81.1 cm³/mol. The Morgan fingerprint density at radius 1 is 1.25 bits per heavy atom. The van der Waals surface area contributed by atoms with Crippen LogP contribution in [0.4, 0.5) is 0 Å². The fourth-order valence-electron chi connectivity index (χ4n) is 2.82. The van der Waals surface area contributed by atoms with Crippen molar-refractivity contribution in [3.8, 4) is 6.07 Å². The molecular formula is C18H21NO. The van der Waals surface area contributed by atoms with E-state index in [1.165, 1.54) is 5.56 Å². The van der Waals surface area contributed by atoms with Crippen LogP contribution in [0.1, 0.15) is 52.2 Å². The highest BCUT2D eigenvalue weighted by molar-refractivity contribution is 6.09. The molecule has 0 aromatic heterocycles. The fraction of sp³-hybridized carbons (Fsp3) is 0.444. The second kappa shape index (κ2) is 4.59. The van der Waals surface area contributed by atoms with Gasteiger partial charge in [-0.15, -0.1) is 0 Å². The summed E-state index contributed by atoms with van der Waals surface area (Å²) >= 11 is 0. The Balaban J connectivity index is 2.67. The van der Waals surface area contributed by atoms with Gasteiger partial charge in [-0.05, 0) is 28.5 Å². The molecule has 0 fully saturated rings. The zero-order valence-electron chi connectivity index (χ0n) is 12.9. The van der Waals surface area contributed by atoms with E-state index in [4.69, 9.17) is 0 Å². The van der Waals surface area contributed by atoms with Crippen LogP contribution in [-0.2, 0) is 10.2 Å². The zero-order valence-corrected chi connectivity index (χ0v) is 12.9. The lowest BCUT2D eigenvalue weighted by Crippen LogP contribution is -2.22. The number of hydrogen-bond donors (Lipinski definition) is 0. The fourth-order valence-corrected chi connectivity index (χ4v) is 2.82. The van der Waals surface area contributed by atoms with Crippen molar-refractivity contribution in [2.45, 2.75) is 46.5 Å². The topological polar surface area (TPSA) is 40.9 Å². The van der Waals surface area contributed by atoms with Gasteiger partial charge in [-0.3, -0.25) is 4.79 Å². The highest BCUT2D eigenvalue weighted by Gasteiger charge is 2.37. The van der Waals surface area contributed by atoms with E-state index in [9.17, 15) is 10.1 Å². The van der Waals surface area contributed by atoms with Gasteiger partial charge in [0.2, 0.25) is 0 Å². The average molecular weight is 267 g/mol. The van der Waals surface area contributed by atoms with E-state index in [2.05, 4.69) is 26.0 Å². The second-order valence-electron chi connectivity index (χ2n) is 7.15. The van der Waals surface area contributed by atoms with Crippen LogP contribution in [0, 0.1) is 16.7 Å². The van der Waals surface area contributed by atoms with Crippen molar-refractivity contribution in [2.24, 2.45) is 5.41 Å². The van der Waals surface area contributed by atoms with Gasteiger partial charge in [-0.1, -0.05) is 58.9 Å². The van der Waals surface area contributed by atoms with E-state index < -0.39 is 5.41 Å². The minimum Gasteiger partial charge on any atom is -0.293 e. The molecule has 0 saturated heterocycles. The van der Waals surface area contributed by atoms with Gasteiger partial charge in [0.05, 0.1) is 5.57 Å². The molecule has 1 aromatic carbocycles. The Kier molecular flexibility index (Phi) is 3.34. The van der Waals surface area contributed by atoms with Crippen molar-refractivity contribution < 1.29 is 4.79 Å². The molecule has 0 saturated carbocycles. The maximum Gasteiger partial charge on any atom is 0.178 e. The molecule has 104 valence electrons. The molecule has 1 aliphatic rings. The summed E-state index contributed by atoms with van der Waals surface area (Å²) in [5.74, 6) is -0.0671. The van der Waals surface area contributed by atoms with Crippen LogP contribution in [-0.4, -0.2) is 5.78 Å². The third kappa shape index (κ3) is 2.29. The monoisotopic (exact) mass is 267 g/mol. The first-order valence-corrected chi connectivity index (χ1v) is 6.96. The first-order valence-electron chi connectivity index (χ1n) is 6.96. The van der Waals surface area contributed by atoms with Gasteiger partial charge in [0, 0.05) is 5.41 Å². The summed E-state index contributed by atoms with van der Waals surface area (Å²) in [6, 6.07) is 10.3. The van der Waals surface area contributed by atoms with Gasteiger partial charge in [0.1, 0.15) is 6.07 Å². The van der Waals surface area contributed by atoms with E-state index in [1.807, 2.05) is 39.0 Å². The summed E-state index contributed by atoms with van der Waals surface area (Å²) in [7, 11) is 0. The van der Waals surface area contributed by atoms with Gasteiger partial charge in [0.15, 0.2) is 5.78 Å². The van der Waals surface area contributed by atoms with Crippen molar-refractivity contribution in [1.82, 2.24) is 0 Å². The van der Waals surface area contributed by atoms with Crippen molar-refractivity contribution in [2.75, 3.05) is 0 Å². The maximum atomic E-state index is 12.5. The number of rotatable bonds is 1. The highest BCUT2D eigenvalue weighted by Crippen LogP contribution is 2.47. The number of nitriles is 1. The van der Waals surface area contributed by atoms with Crippen LogP contribution in [0.5, 0.6) is 0 Å². The largest absolute Gasteiger partial charge is 0.293 e. The standard InChI is InChI=1S/C18H21NO/c1-17(2,3)16(20)14(11-19)13-10-18(4,5)15-9-7-6-8-12(13)15/h6-9H,10H2,1-5H3/b14-13+. The predicted octanol–water partition coefficient (Wildman–Crippen LogP) is 4.26. The maximum absolute atomic E-state index is 12.5. The first kappa shape index (κ1) is 14.5. The Hall–Kier alpha value is -1.88. The highest BCUT2D eigenvalue weighted by atomic mass is 16.1. The number of benzene rings is 1. The number of hydrogen-bond acceptors (Lipinski definition) is 2. The molecule has 2 rings (SSSR count). The van der Waals surface area contributed by atoms with E-state index in [1.54, 1.807) is 0 Å². The molecule has 1 aromatic rings. The van der Waals surface area contributed by atoms with Crippen LogP contribution >= 0.6 is 0 Å². The first-order chi connectivity index (χ1) is 9.18. The SMILES string of the molecule is CC(C)(C)C(=O)/C(C#N)=C1\CC(C)(C)c2ccccc21. The molecule has 0 radical (unpaired) electrons. The molecule has 20 heavy (non-hydrogen) atoms. The van der Waals surface area contributed by atoms with Gasteiger partial charge in [0.25, 0.3) is 0 Å². The Morgan fingerprint density at radius 2 is 1.85 bits per heavy atom. The van der Waals surface area contributed by atoms with Gasteiger partial charge in [-0.2, -0.15) is 5.26 Å². The lowest BCUT2D eigenvalue weighted by Gasteiger charge is -2.19. The molecule has 0 heterocycles. The number of nitrogens with zero attached hydrogens (tertiary/aromatic N) is 1. The van der Waals surface area contributed by atoms with Crippen LogP contribution < -0.4 is 0 Å². The second-order valence-corrected chi connectivity index (χ2v) is 7.15. The molecule has 2 heteroatoms. The van der Waals surface area contributed by atoms with Crippen molar-refractivity contribution >= 4 is 11.4 Å². The molecule has 0 N–H and O–H groups in total. The van der Waals surface area contributed by atoms with Crippen LogP contribution in [0.15, 0.2) is 29.8 Å². The summed E-state index contributed by atoms with van der Waals surface area (Å²) in [6.45, 7) is 9.91. The Labute approximate surface area is 121 Å². The summed E-state index contributed by atoms with van der Waals surface area (Å²) in [5, 5.41) is 9.49. The number of fused-ring (bicyclic) bond motifs is 1. The van der Waals surface area contributed by atoms with Crippen LogP contribution in [0.3, 0.4) is 0 Å². The Bertz CT molecular complexity index is 636. The molecule has 0 unspecified atom stereocenters. The van der Waals surface area contributed by atoms with E-state index in [0.29, 0.717) is 5.57 Å². The molecule has 0 bridgehead atoms. The number of carbonyl (C=O) groups excluding carboxylic acids is 1. The minimum absolute atomic E-state index is 0.0216. The van der Waals surface area contributed by atoms with E-state index in [0.717, 1.165) is 17.6 Å². The van der Waals surface area contributed by atoms with E-state index >= 15 is 0 Å². The van der Waals surface area contributed by atoms with Crippen molar-refractivity contribution in [1.29, 1.82) is 5.26 Å². The molecule has 0 atom stereocenters. The number of Topliss-reactive ketones (excluding diaryl/α,β-unsaturated/α-hetero) is 1. The summed E-state index contributed by atoms with van der Waals surface area (Å²) < 4.78 is 0. The van der Waals surface area contributed by atoms with Crippen LogP contribution in [0.2, 0.25) is 0 Å². The molecular weight excluding hydrogens is 246 g/mol. The average Bonchev–Trinajstić information content (AvgIpc) is 2.62. The molecule has 0 aliphatic heterocycles. The quantitative estimate of drug-likeness (QED) is 0.563. The Morgan fingerprint density at radius 3 is 2.40 bits per heavy atom. The number of ketones is 1. The van der Waals surface area contributed by atoms with Gasteiger partial charge < -0.3 is 0 Å². The summed E-state index contributed by atoms with van der Waals surface area (Å²) in [5.41, 5.74) is 2.98.